The zero-order valence-corrected chi connectivity index (χ0v) is 12.8. The first-order valence-electron chi connectivity index (χ1n) is 6.58. The van der Waals surface area contributed by atoms with Crippen LogP contribution in [0.4, 0.5) is 10.1 Å². The number of hydrogen-bond acceptors (Lipinski definition) is 3. The van der Waals surface area contributed by atoms with E-state index in [1.807, 2.05) is 36.2 Å². The second-order valence-electron chi connectivity index (χ2n) is 4.74. The first kappa shape index (κ1) is 15.6. The van der Waals surface area contributed by atoms with Crippen molar-refractivity contribution in [1.82, 2.24) is 0 Å². The first-order valence-corrected chi connectivity index (χ1v) is 6.96. The monoisotopic (exact) mass is 308 g/mol. The molecular formula is C16H18ClFN2O. The average Bonchev–Trinajstić information content (AvgIpc) is 2.51. The SMILES string of the molecule is COc1cccc(N(C)C(CN)c2ccc(F)c(Cl)c2)c1. The maximum absolute atomic E-state index is 13.3. The molecule has 0 radical (unpaired) electrons. The molecule has 0 bridgehead atoms. The summed E-state index contributed by atoms with van der Waals surface area (Å²) in [6.07, 6.45) is 0. The fourth-order valence-electron chi connectivity index (χ4n) is 2.25. The molecule has 0 fully saturated rings. The second-order valence-corrected chi connectivity index (χ2v) is 5.14. The molecule has 0 amide bonds. The minimum Gasteiger partial charge on any atom is -0.497 e. The van der Waals surface area contributed by atoms with Gasteiger partial charge in [0.25, 0.3) is 0 Å². The van der Waals surface area contributed by atoms with Crippen LogP contribution < -0.4 is 15.4 Å². The number of anilines is 1. The fraction of sp³-hybridized carbons (Fsp3) is 0.250. The molecule has 0 saturated heterocycles. The van der Waals surface area contributed by atoms with Crippen LogP contribution in [0.1, 0.15) is 11.6 Å². The number of likely N-dealkylation sites (N-methyl/N-ethyl adjacent to an activating group) is 1. The highest BCUT2D eigenvalue weighted by atomic mass is 35.5. The van der Waals surface area contributed by atoms with E-state index in [2.05, 4.69) is 0 Å². The van der Waals surface area contributed by atoms with Crippen LogP contribution in [0.15, 0.2) is 42.5 Å². The Balaban J connectivity index is 2.32. The molecule has 1 atom stereocenters. The summed E-state index contributed by atoms with van der Waals surface area (Å²) in [5, 5.41) is 0.102. The van der Waals surface area contributed by atoms with Crippen LogP contribution >= 0.6 is 11.6 Å². The highest BCUT2D eigenvalue weighted by molar-refractivity contribution is 6.30. The summed E-state index contributed by atoms with van der Waals surface area (Å²) >= 11 is 5.86. The molecule has 1 unspecified atom stereocenters. The molecule has 0 aliphatic heterocycles. The largest absolute Gasteiger partial charge is 0.497 e. The van der Waals surface area contributed by atoms with E-state index < -0.39 is 5.82 Å². The van der Waals surface area contributed by atoms with Crippen molar-refractivity contribution in [1.29, 1.82) is 0 Å². The van der Waals surface area contributed by atoms with Gasteiger partial charge in [0.05, 0.1) is 18.2 Å². The standard InChI is InChI=1S/C16H18ClFN2O/c1-20(12-4-3-5-13(9-12)21-2)16(10-19)11-6-7-15(18)14(17)8-11/h3-9,16H,10,19H2,1-2H3. The fourth-order valence-corrected chi connectivity index (χ4v) is 2.44. The molecule has 0 saturated carbocycles. The Bertz CT molecular complexity index is 621. The maximum atomic E-state index is 13.3. The lowest BCUT2D eigenvalue weighted by molar-refractivity contribution is 0.414. The van der Waals surface area contributed by atoms with E-state index in [0.717, 1.165) is 17.0 Å². The van der Waals surface area contributed by atoms with Crippen molar-refractivity contribution in [3.63, 3.8) is 0 Å². The van der Waals surface area contributed by atoms with Gasteiger partial charge in [-0.1, -0.05) is 23.7 Å². The summed E-state index contributed by atoms with van der Waals surface area (Å²) in [6, 6.07) is 12.3. The van der Waals surface area contributed by atoms with Gasteiger partial charge in [-0.2, -0.15) is 0 Å². The predicted octanol–water partition coefficient (Wildman–Crippen LogP) is 3.62. The highest BCUT2D eigenvalue weighted by Crippen LogP contribution is 2.29. The van der Waals surface area contributed by atoms with Crippen molar-refractivity contribution < 1.29 is 9.13 Å². The topological polar surface area (TPSA) is 38.5 Å². The lowest BCUT2D eigenvalue weighted by Crippen LogP contribution is -2.30. The maximum Gasteiger partial charge on any atom is 0.141 e. The summed E-state index contributed by atoms with van der Waals surface area (Å²) in [5.41, 5.74) is 7.72. The lowest BCUT2D eigenvalue weighted by Gasteiger charge is -2.30. The Morgan fingerprint density at radius 2 is 2.05 bits per heavy atom. The van der Waals surface area contributed by atoms with E-state index in [1.54, 1.807) is 19.2 Å². The summed E-state index contributed by atoms with van der Waals surface area (Å²) in [4.78, 5) is 2.02. The van der Waals surface area contributed by atoms with Gasteiger partial charge in [0.2, 0.25) is 0 Å². The van der Waals surface area contributed by atoms with Gasteiger partial charge >= 0.3 is 0 Å². The quantitative estimate of drug-likeness (QED) is 0.917. The van der Waals surface area contributed by atoms with E-state index in [9.17, 15) is 4.39 Å². The molecule has 0 aliphatic carbocycles. The molecule has 0 spiro atoms. The predicted molar refractivity (Wildman–Crippen MR) is 84.6 cm³/mol. The van der Waals surface area contributed by atoms with Crippen LogP contribution in [-0.4, -0.2) is 20.7 Å². The Morgan fingerprint density at radius 1 is 1.29 bits per heavy atom. The molecular weight excluding hydrogens is 291 g/mol. The van der Waals surface area contributed by atoms with Gasteiger partial charge < -0.3 is 15.4 Å². The zero-order chi connectivity index (χ0) is 15.4. The number of hydrogen-bond donors (Lipinski definition) is 1. The number of rotatable bonds is 5. The summed E-state index contributed by atoms with van der Waals surface area (Å²) < 4.78 is 18.5. The Morgan fingerprint density at radius 3 is 2.67 bits per heavy atom. The van der Waals surface area contributed by atoms with E-state index >= 15 is 0 Å². The number of nitrogens with two attached hydrogens (primary N) is 1. The smallest absolute Gasteiger partial charge is 0.141 e. The summed E-state index contributed by atoms with van der Waals surface area (Å²) in [7, 11) is 3.56. The molecule has 3 nitrogen and oxygen atoms in total. The van der Waals surface area contributed by atoms with Crippen molar-refractivity contribution >= 4 is 17.3 Å². The Hall–Kier alpha value is -1.78. The van der Waals surface area contributed by atoms with Crippen LogP contribution in [0.2, 0.25) is 5.02 Å². The molecule has 2 aromatic rings. The molecule has 2 N–H and O–H groups in total. The Labute approximate surface area is 129 Å². The van der Waals surface area contributed by atoms with Crippen LogP contribution in [0, 0.1) is 5.82 Å². The molecule has 112 valence electrons. The average molecular weight is 309 g/mol. The highest BCUT2D eigenvalue weighted by Gasteiger charge is 2.17. The number of benzene rings is 2. The van der Waals surface area contributed by atoms with Crippen molar-refractivity contribution in [2.24, 2.45) is 5.73 Å². The summed E-state index contributed by atoms with van der Waals surface area (Å²) in [6.45, 7) is 0.385. The number of nitrogens with zero attached hydrogens (tertiary/aromatic N) is 1. The van der Waals surface area contributed by atoms with Crippen LogP contribution in [0.25, 0.3) is 0 Å². The molecule has 0 aromatic heterocycles. The number of halogens is 2. The number of ether oxygens (including phenoxy) is 1. The van der Waals surface area contributed by atoms with Crippen LogP contribution in [0.5, 0.6) is 5.75 Å². The summed E-state index contributed by atoms with van der Waals surface area (Å²) in [5.74, 6) is 0.340. The third kappa shape index (κ3) is 3.46. The van der Waals surface area contributed by atoms with Gasteiger partial charge in [-0.25, -0.2) is 4.39 Å². The second kappa shape index (κ2) is 6.78. The Kier molecular flexibility index (Phi) is 5.04. The molecule has 2 aromatic carbocycles. The van der Waals surface area contributed by atoms with E-state index in [4.69, 9.17) is 22.1 Å². The normalized spacial score (nSPS) is 12.0. The minimum atomic E-state index is -0.430. The van der Waals surface area contributed by atoms with Gasteiger partial charge in [0, 0.05) is 25.3 Å². The number of methoxy groups -OCH3 is 1. The molecule has 0 aliphatic rings. The van der Waals surface area contributed by atoms with Gasteiger partial charge in [-0.15, -0.1) is 0 Å². The van der Waals surface area contributed by atoms with E-state index in [0.29, 0.717) is 6.54 Å². The van der Waals surface area contributed by atoms with Gasteiger partial charge in [0.1, 0.15) is 11.6 Å². The first-order chi connectivity index (χ1) is 10.1. The van der Waals surface area contributed by atoms with Crippen LogP contribution in [0.3, 0.4) is 0 Å². The van der Waals surface area contributed by atoms with Gasteiger partial charge in [-0.05, 0) is 29.8 Å². The van der Waals surface area contributed by atoms with Gasteiger partial charge in [-0.3, -0.25) is 0 Å². The molecule has 2 rings (SSSR count). The molecule has 21 heavy (non-hydrogen) atoms. The minimum absolute atomic E-state index is 0.102. The van der Waals surface area contributed by atoms with E-state index in [-0.39, 0.29) is 11.1 Å². The van der Waals surface area contributed by atoms with E-state index in [1.165, 1.54) is 6.07 Å². The third-order valence-electron chi connectivity index (χ3n) is 3.48. The lowest BCUT2D eigenvalue weighted by atomic mass is 10.0. The van der Waals surface area contributed by atoms with Crippen molar-refractivity contribution in [2.75, 3.05) is 25.6 Å². The third-order valence-corrected chi connectivity index (χ3v) is 3.77. The molecule has 5 heteroatoms. The van der Waals surface area contributed by atoms with Gasteiger partial charge in [0.15, 0.2) is 0 Å². The molecule has 0 heterocycles. The van der Waals surface area contributed by atoms with Crippen molar-refractivity contribution in [3.8, 4) is 5.75 Å². The van der Waals surface area contributed by atoms with Crippen molar-refractivity contribution in [3.05, 3.63) is 58.9 Å². The van der Waals surface area contributed by atoms with Crippen molar-refractivity contribution in [2.45, 2.75) is 6.04 Å². The van der Waals surface area contributed by atoms with Crippen LogP contribution in [-0.2, 0) is 0 Å². The zero-order valence-electron chi connectivity index (χ0n) is 12.0.